The van der Waals surface area contributed by atoms with Crippen molar-refractivity contribution in [3.05, 3.63) is 23.0 Å². The van der Waals surface area contributed by atoms with Crippen molar-refractivity contribution in [2.24, 2.45) is 0 Å². The van der Waals surface area contributed by atoms with Gasteiger partial charge >= 0.3 is 0 Å². The summed E-state index contributed by atoms with van der Waals surface area (Å²) in [6.45, 7) is 2.52. The fourth-order valence-electron chi connectivity index (χ4n) is 0.843. The summed E-state index contributed by atoms with van der Waals surface area (Å²) in [5.74, 6) is 1.06. The molecule has 0 aliphatic heterocycles. The number of alkyl halides is 1. The Morgan fingerprint density at radius 3 is 2.83 bits per heavy atom. The number of aromatic nitrogens is 1. The Labute approximate surface area is 81.5 Å². The molecular formula is C8H9Cl2NO. The van der Waals surface area contributed by atoms with E-state index in [1.807, 2.05) is 6.92 Å². The second kappa shape index (κ2) is 4.53. The summed E-state index contributed by atoms with van der Waals surface area (Å²) in [6.07, 6.45) is 0. The molecule has 2 nitrogen and oxygen atoms in total. The summed E-state index contributed by atoms with van der Waals surface area (Å²) in [4.78, 5) is 3.99. The van der Waals surface area contributed by atoms with E-state index in [1.165, 1.54) is 0 Å². The SMILES string of the molecule is CCOc1cc(Cl)nc(CCl)c1. The second-order valence-corrected chi connectivity index (χ2v) is 2.84. The predicted molar refractivity (Wildman–Crippen MR) is 50.0 cm³/mol. The van der Waals surface area contributed by atoms with Crippen LogP contribution in [0.1, 0.15) is 12.6 Å². The van der Waals surface area contributed by atoms with E-state index in [0.29, 0.717) is 23.4 Å². The van der Waals surface area contributed by atoms with Crippen LogP contribution in [0.4, 0.5) is 0 Å². The van der Waals surface area contributed by atoms with Crippen molar-refractivity contribution in [3.8, 4) is 5.75 Å². The number of halogens is 2. The number of hydrogen-bond donors (Lipinski definition) is 0. The third-order valence-electron chi connectivity index (χ3n) is 1.27. The molecule has 0 atom stereocenters. The average molecular weight is 206 g/mol. The highest BCUT2D eigenvalue weighted by atomic mass is 35.5. The lowest BCUT2D eigenvalue weighted by atomic mass is 10.3. The Hall–Kier alpha value is -0.470. The number of ether oxygens (including phenoxy) is 1. The average Bonchev–Trinajstić information content (AvgIpc) is 2.04. The molecule has 0 radical (unpaired) electrons. The van der Waals surface area contributed by atoms with E-state index in [1.54, 1.807) is 12.1 Å². The van der Waals surface area contributed by atoms with Crippen molar-refractivity contribution in [1.82, 2.24) is 4.98 Å². The Morgan fingerprint density at radius 1 is 1.50 bits per heavy atom. The minimum atomic E-state index is 0.348. The molecule has 0 aliphatic carbocycles. The summed E-state index contributed by atoms with van der Waals surface area (Å²) in [5.41, 5.74) is 0.729. The molecule has 12 heavy (non-hydrogen) atoms. The third-order valence-corrected chi connectivity index (χ3v) is 1.74. The summed E-state index contributed by atoms with van der Waals surface area (Å²) >= 11 is 11.3. The molecule has 1 aromatic rings. The maximum atomic E-state index is 5.71. The molecule has 0 unspecified atom stereocenters. The molecule has 0 fully saturated rings. The lowest BCUT2D eigenvalue weighted by Crippen LogP contribution is -1.94. The maximum absolute atomic E-state index is 5.71. The van der Waals surface area contributed by atoms with E-state index < -0.39 is 0 Å². The maximum Gasteiger partial charge on any atom is 0.133 e. The number of nitrogens with zero attached hydrogens (tertiary/aromatic N) is 1. The smallest absolute Gasteiger partial charge is 0.133 e. The molecule has 1 rings (SSSR count). The van der Waals surface area contributed by atoms with E-state index in [-0.39, 0.29) is 0 Å². The van der Waals surface area contributed by atoms with Crippen molar-refractivity contribution in [1.29, 1.82) is 0 Å². The van der Waals surface area contributed by atoms with Crippen LogP contribution in [0, 0.1) is 0 Å². The van der Waals surface area contributed by atoms with E-state index >= 15 is 0 Å². The quantitative estimate of drug-likeness (QED) is 0.560. The predicted octanol–water partition coefficient (Wildman–Crippen LogP) is 2.87. The summed E-state index contributed by atoms with van der Waals surface area (Å²) < 4.78 is 5.25. The van der Waals surface area contributed by atoms with Gasteiger partial charge in [0.25, 0.3) is 0 Å². The van der Waals surface area contributed by atoms with Crippen molar-refractivity contribution in [2.75, 3.05) is 6.61 Å². The van der Waals surface area contributed by atoms with Gasteiger partial charge in [0.15, 0.2) is 0 Å². The van der Waals surface area contributed by atoms with Crippen molar-refractivity contribution in [3.63, 3.8) is 0 Å². The Balaban J connectivity index is 2.90. The minimum Gasteiger partial charge on any atom is -0.494 e. The second-order valence-electron chi connectivity index (χ2n) is 2.18. The molecule has 0 aromatic carbocycles. The summed E-state index contributed by atoms with van der Waals surface area (Å²) in [6, 6.07) is 3.45. The Morgan fingerprint density at radius 2 is 2.25 bits per heavy atom. The Bertz CT molecular complexity index is 265. The van der Waals surface area contributed by atoms with Gasteiger partial charge in [0, 0.05) is 12.1 Å². The van der Waals surface area contributed by atoms with Crippen LogP contribution in [0.2, 0.25) is 5.15 Å². The first-order valence-electron chi connectivity index (χ1n) is 3.61. The lowest BCUT2D eigenvalue weighted by Gasteiger charge is -2.04. The molecule has 0 N–H and O–H groups in total. The summed E-state index contributed by atoms with van der Waals surface area (Å²) in [7, 11) is 0. The first-order valence-corrected chi connectivity index (χ1v) is 4.52. The van der Waals surface area contributed by atoms with E-state index in [0.717, 1.165) is 5.69 Å². The fraction of sp³-hybridized carbons (Fsp3) is 0.375. The molecule has 1 aromatic heterocycles. The zero-order chi connectivity index (χ0) is 8.97. The van der Waals surface area contributed by atoms with Crippen LogP contribution in [0.5, 0.6) is 5.75 Å². The molecule has 0 spiro atoms. The molecule has 0 bridgehead atoms. The molecule has 0 saturated heterocycles. The number of hydrogen-bond acceptors (Lipinski definition) is 2. The number of pyridine rings is 1. The van der Waals surface area contributed by atoms with Crippen molar-refractivity contribution < 1.29 is 4.74 Å². The highest BCUT2D eigenvalue weighted by Gasteiger charge is 2.00. The van der Waals surface area contributed by atoms with Crippen LogP contribution in [-0.2, 0) is 5.88 Å². The van der Waals surface area contributed by atoms with E-state index in [9.17, 15) is 0 Å². The third kappa shape index (κ3) is 2.54. The van der Waals surface area contributed by atoms with Gasteiger partial charge in [-0.25, -0.2) is 4.98 Å². The largest absolute Gasteiger partial charge is 0.494 e. The summed E-state index contributed by atoms with van der Waals surface area (Å²) in [5, 5.41) is 0.414. The molecule has 0 aliphatic rings. The fourth-order valence-corrected chi connectivity index (χ4v) is 1.20. The van der Waals surface area contributed by atoms with Crippen LogP contribution in [0.15, 0.2) is 12.1 Å². The van der Waals surface area contributed by atoms with Crippen LogP contribution in [-0.4, -0.2) is 11.6 Å². The van der Waals surface area contributed by atoms with Crippen LogP contribution >= 0.6 is 23.2 Å². The van der Waals surface area contributed by atoms with Crippen molar-refractivity contribution in [2.45, 2.75) is 12.8 Å². The first-order chi connectivity index (χ1) is 5.76. The van der Waals surface area contributed by atoms with Crippen LogP contribution in [0.3, 0.4) is 0 Å². The zero-order valence-corrected chi connectivity index (χ0v) is 8.19. The molecule has 0 saturated carbocycles. The first kappa shape index (κ1) is 9.62. The van der Waals surface area contributed by atoms with Gasteiger partial charge in [-0.2, -0.15) is 0 Å². The lowest BCUT2D eigenvalue weighted by molar-refractivity contribution is 0.339. The van der Waals surface area contributed by atoms with E-state index in [4.69, 9.17) is 27.9 Å². The van der Waals surface area contributed by atoms with Gasteiger partial charge in [0.05, 0.1) is 18.2 Å². The van der Waals surface area contributed by atoms with Crippen LogP contribution < -0.4 is 4.74 Å². The van der Waals surface area contributed by atoms with Gasteiger partial charge in [-0.1, -0.05) is 11.6 Å². The standard InChI is InChI=1S/C8H9Cl2NO/c1-2-12-7-3-6(5-9)11-8(10)4-7/h3-4H,2,5H2,1H3. The monoisotopic (exact) mass is 205 g/mol. The normalized spacial score (nSPS) is 9.92. The van der Waals surface area contributed by atoms with Gasteiger partial charge in [-0.05, 0) is 6.92 Å². The van der Waals surface area contributed by atoms with Gasteiger partial charge in [0.1, 0.15) is 10.9 Å². The molecule has 4 heteroatoms. The highest BCUT2D eigenvalue weighted by molar-refractivity contribution is 6.29. The molecule has 0 amide bonds. The molecular weight excluding hydrogens is 197 g/mol. The molecule has 66 valence electrons. The van der Waals surface area contributed by atoms with Gasteiger partial charge in [-0.3, -0.25) is 0 Å². The van der Waals surface area contributed by atoms with Gasteiger partial charge < -0.3 is 4.74 Å². The highest BCUT2D eigenvalue weighted by Crippen LogP contribution is 2.18. The minimum absolute atomic E-state index is 0.348. The van der Waals surface area contributed by atoms with Gasteiger partial charge in [0.2, 0.25) is 0 Å². The molecule has 1 heterocycles. The van der Waals surface area contributed by atoms with Crippen molar-refractivity contribution >= 4 is 23.2 Å². The Kier molecular flexibility index (Phi) is 3.63. The number of rotatable bonds is 3. The van der Waals surface area contributed by atoms with E-state index in [2.05, 4.69) is 4.98 Å². The van der Waals surface area contributed by atoms with Crippen LogP contribution in [0.25, 0.3) is 0 Å². The zero-order valence-electron chi connectivity index (χ0n) is 6.68. The van der Waals surface area contributed by atoms with Gasteiger partial charge in [-0.15, -0.1) is 11.6 Å². The topological polar surface area (TPSA) is 22.1 Å².